The fourth-order valence-electron chi connectivity index (χ4n) is 4.01. The van der Waals surface area contributed by atoms with Crippen LogP contribution in [0.5, 0.6) is 11.5 Å². The van der Waals surface area contributed by atoms with Gasteiger partial charge in [0, 0.05) is 16.1 Å². The summed E-state index contributed by atoms with van der Waals surface area (Å²) in [6, 6.07) is 19.0. The van der Waals surface area contributed by atoms with Crippen molar-refractivity contribution in [1.82, 2.24) is 0 Å². The number of carbonyl (C=O) groups is 2. The first-order chi connectivity index (χ1) is 15.0. The van der Waals surface area contributed by atoms with Crippen LogP contribution in [0.1, 0.15) is 27.9 Å². The van der Waals surface area contributed by atoms with Crippen molar-refractivity contribution in [1.29, 1.82) is 0 Å². The van der Waals surface area contributed by atoms with E-state index in [2.05, 4.69) is 0 Å². The van der Waals surface area contributed by atoms with Crippen LogP contribution in [0.15, 0.2) is 66.7 Å². The van der Waals surface area contributed by atoms with Gasteiger partial charge in [0.25, 0.3) is 5.91 Å². The molecule has 2 aliphatic heterocycles. The maximum Gasteiger partial charge on any atom is 0.264 e. The van der Waals surface area contributed by atoms with Crippen molar-refractivity contribution in [2.45, 2.75) is 18.6 Å². The van der Waals surface area contributed by atoms with Gasteiger partial charge in [0.05, 0.1) is 18.7 Å². The van der Waals surface area contributed by atoms with Gasteiger partial charge in [0.2, 0.25) is 6.79 Å². The second-order valence-corrected chi connectivity index (χ2v) is 8.00. The molecule has 31 heavy (non-hydrogen) atoms. The summed E-state index contributed by atoms with van der Waals surface area (Å²) >= 11 is 5.96. The summed E-state index contributed by atoms with van der Waals surface area (Å²) in [5.74, 6) is 0.141. The summed E-state index contributed by atoms with van der Waals surface area (Å²) < 4.78 is 10.6. The Bertz CT molecular complexity index is 1190. The Labute approximate surface area is 183 Å². The number of benzene rings is 3. The highest BCUT2D eigenvalue weighted by Crippen LogP contribution is 2.44. The summed E-state index contributed by atoms with van der Waals surface area (Å²) in [5, 5.41) is 12.0. The molecule has 0 aromatic heterocycles. The molecule has 1 unspecified atom stereocenters. The molecule has 1 amide bonds. The van der Waals surface area contributed by atoms with Crippen molar-refractivity contribution in [3.63, 3.8) is 0 Å². The van der Waals surface area contributed by atoms with Crippen LogP contribution in [0.3, 0.4) is 0 Å². The van der Waals surface area contributed by atoms with Crippen LogP contribution < -0.4 is 14.4 Å². The number of ketones is 1. The van der Waals surface area contributed by atoms with E-state index in [1.54, 1.807) is 54.6 Å². The Morgan fingerprint density at radius 2 is 1.77 bits per heavy atom. The van der Waals surface area contributed by atoms with E-state index in [1.807, 2.05) is 12.1 Å². The number of ether oxygens (including phenoxy) is 2. The van der Waals surface area contributed by atoms with Crippen LogP contribution in [0.4, 0.5) is 5.69 Å². The van der Waals surface area contributed by atoms with Crippen LogP contribution in [0.2, 0.25) is 5.02 Å². The first kappa shape index (κ1) is 19.6. The number of fused-ring (bicyclic) bond motifs is 2. The SMILES string of the molecule is O=C(CC1(O)C(=O)N(Cc2ccc(Cl)cc2)c2ccccc21)c1ccc2c(c1)OCO2. The first-order valence-electron chi connectivity index (χ1n) is 9.77. The highest BCUT2D eigenvalue weighted by atomic mass is 35.5. The Hall–Kier alpha value is -3.35. The van der Waals surface area contributed by atoms with E-state index < -0.39 is 11.5 Å². The van der Waals surface area contributed by atoms with E-state index in [0.717, 1.165) is 5.56 Å². The zero-order valence-corrected chi connectivity index (χ0v) is 17.1. The second-order valence-electron chi connectivity index (χ2n) is 7.56. The monoisotopic (exact) mass is 435 g/mol. The molecule has 1 atom stereocenters. The average Bonchev–Trinajstić information content (AvgIpc) is 3.32. The third-order valence-electron chi connectivity index (χ3n) is 5.60. The van der Waals surface area contributed by atoms with Gasteiger partial charge in [0.1, 0.15) is 0 Å². The molecule has 0 fully saturated rings. The minimum atomic E-state index is -1.95. The van der Waals surface area contributed by atoms with Gasteiger partial charge in [-0.1, -0.05) is 41.9 Å². The largest absolute Gasteiger partial charge is 0.454 e. The predicted octanol–water partition coefficient (Wildman–Crippen LogP) is 4.08. The lowest BCUT2D eigenvalue weighted by Crippen LogP contribution is -2.41. The zero-order valence-electron chi connectivity index (χ0n) is 16.4. The molecule has 0 aliphatic carbocycles. The lowest BCUT2D eigenvalue weighted by Gasteiger charge is -2.23. The maximum atomic E-state index is 13.4. The van der Waals surface area contributed by atoms with Crippen molar-refractivity contribution in [2.75, 3.05) is 11.7 Å². The van der Waals surface area contributed by atoms with Gasteiger partial charge >= 0.3 is 0 Å². The predicted molar refractivity (Wildman–Crippen MR) is 114 cm³/mol. The van der Waals surface area contributed by atoms with Gasteiger partial charge in [-0.15, -0.1) is 0 Å². The Balaban J connectivity index is 1.45. The van der Waals surface area contributed by atoms with E-state index in [4.69, 9.17) is 21.1 Å². The van der Waals surface area contributed by atoms with Gasteiger partial charge in [-0.05, 0) is 42.0 Å². The molecule has 0 bridgehead atoms. The molecular weight excluding hydrogens is 418 g/mol. The number of nitrogens with zero attached hydrogens (tertiary/aromatic N) is 1. The summed E-state index contributed by atoms with van der Waals surface area (Å²) in [6.07, 6.45) is -0.375. The van der Waals surface area contributed by atoms with Crippen LogP contribution in [0.25, 0.3) is 0 Å². The van der Waals surface area contributed by atoms with E-state index >= 15 is 0 Å². The van der Waals surface area contributed by atoms with Crippen molar-refractivity contribution >= 4 is 29.0 Å². The maximum absolute atomic E-state index is 13.4. The van der Waals surface area contributed by atoms with Gasteiger partial charge in [-0.3, -0.25) is 9.59 Å². The van der Waals surface area contributed by atoms with Crippen molar-refractivity contribution in [3.8, 4) is 11.5 Å². The molecule has 0 radical (unpaired) electrons. The molecule has 7 heteroatoms. The number of Topliss-reactive ketones (excluding diaryl/α,β-unsaturated/α-hetero) is 1. The van der Waals surface area contributed by atoms with E-state index in [9.17, 15) is 14.7 Å². The van der Waals surface area contributed by atoms with Crippen LogP contribution in [0, 0.1) is 0 Å². The van der Waals surface area contributed by atoms with Crippen LogP contribution in [-0.2, 0) is 16.9 Å². The number of anilines is 1. The number of halogens is 1. The summed E-state index contributed by atoms with van der Waals surface area (Å²) in [6.45, 7) is 0.357. The van der Waals surface area contributed by atoms with Crippen molar-refractivity contribution in [2.24, 2.45) is 0 Å². The average molecular weight is 436 g/mol. The summed E-state index contributed by atoms with van der Waals surface area (Å²) in [4.78, 5) is 27.9. The topological polar surface area (TPSA) is 76.1 Å². The number of hydrogen-bond acceptors (Lipinski definition) is 5. The molecule has 0 saturated heterocycles. The van der Waals surface area contributed by atoms with E-state index in [0.29, 0.717) is 33.3 Å². The first-order valence-corrected chi connectivity index (χ1v) is 10.1. The molecule has 3 aromatic carbocycles. The number of para-hydroxylation sites is 1. The Morgan fingerprint density at radius 3 is 2.58 bits per heavy atom. The van der Waals surface area contributed by atoms with Gasteiger partial charge < -0.3 is 19.5 Å². The van der Waals surface area contributed by atoms with E-state index in [1.165, 1.54) is 4.90 Å². The molecule has 0 saturated carbocycles. The number of hydrogen-bond donors (Lipinski definition) is 1. The lowest BCUT2D eigenvalue weighted by atomic mass is 9.88. The molecule has 0 spiro atoms. The lowest BCUT2D eigenvalue weighted by molar-refractivity contribution is -0.136. The number of carbonyl (C=O) groups excluding carboxylic acids is 2. The van der Waals surface area contributed by atoms with Gasteiger partial charge in [-0.25, -0.2) is 0 Å². The molecule has 2 heterocycles. The number of aliphatic hydroxyl groups is 1. The van der Waals surface area contributed by atoms with E-state index in [-0.39, 0.29) is 25.5 Å². The van der Waals surface area contributed by atoms with Gasteiger partial charge in [-0.2, -0.15) is 0 Å². The minimum Gasteiger partial charge on any atom is -0.454 e. The molecule has 2 aliphatic rings. The Morgan fingerprint density at radius 1 is 1.03 bits per heavy atom. The van der Waals surface area contributed by atoms with Crippen LogP contribution in [-0.4, -0.2) is 23.6 Å². The smallest absolute Gasteiger partial charge is 0.264 e. The second kappa shape index (κ2) is 7.41. The fraction of sp³-hybridized carbons (Fsp3) is 0.167. The summed E-state index contributed by atoms with van der Waals surface area (Å²) in [7, 11) is 0. The fourth-order valence-corrected chi connectivity index (χ4v) is 4.14. The van der Waals surface area contributed by atoms with Crippen LogP contribution >= 0.6 is 11.6 Å². The Kier molecular flexibility index (Phi) is 4.68. The van der Waals surface area contributed by atoms with Gasteiger partial charge in [0.15, 0.2) is 22.9 Å². The quantitative estimate of drug-likeness (QED) is 0.611. The molecule has 3 aromatic rings. The highest BCUT2D eigenvalue weighted by Gasteiger charge is 2.50. The molecule has 5 rings (SSSR count). The van der Waals surface area contributed by atoms with Crippen molar-refractivity contribution in [3.05, 3.63) is 88.4 Å². The molecule has 156 valence electrons. The minimum absolute atomic E-state index is 0.0996. The normalized spacial score (nSPS) is 18.9. The highest BCUT2D eigenvalue weighted by molar-refractivity contribution is 6.30. The summed E-state index contributed by atoms with van der Waals surface area (Å²) in [5.41, 5.74) is 0.265. The zero-order chi connectivity index (χ0) is 21.6. The molecular formula is C24H18ClNO5. The molecule has 1 N–H and O–H groups in total. The number of amides is 1. The standard InChI is InChI=1S/C24H18ClNO5/c25-17-8-5-15(6-9-17)13-26-19-4-2-1-3-18(19)24(29,23(26)28)12-20(27)16-7-10-21-22(11-16)31-14-30-21/h1-11,29H,12-14H2. The van der Waals surface area contributed by atoms with Crippen molar-refractivity contribution < 1.29 is 24.2 Å². The number of rotatable bonds is 5. The third kappa shape index (κ3) is 3.34. The third-order valence-corrected chi connectivity index (χ3v) is 5.86. The molecule has 6 nitrogen and oxygen atoms in total.